The Morgan fingerprint density at radius 3 is 2.95 bits per heavy atom. The molecule has 0 radical (unpaired) electrons. The fraction of sp³-hybridized carbons (Fsp3) is 0.533. The quantitative estimate of drug-likeness (QED) is 0.833. The van der Waals surface area contributed by atoms with Gasteiger partial charge in [0.15, 0.2) is 0 Å². The van der Waals surface area contributed by atoms with E-state index in [1.165, 1.54) is 6.07 Å². The van der Waals surface area contributed by atoms with Crippen LogP contribution in [0, 0.1) is 5.82 Å². The molecule has 1 aliphatic rings. The standard InChI is InChI=1S/C15H21FN2O2/c16-14-9-11(15(17)20)5-6-12(14)10-18-7-1-3-13(18)4-2-8-19/h5-6,9,13,19H,1-4,7-8,10H2,(H2,17,20). The van der Waals surface area contributed by atoms with Gasteiger partial charge in [0.2, 0.25) is 5.91 Å². The van der Waals surface area contributed by atoms with E-state index in [4.69, 9.17) is 10.8 Å². The number of halogens is 1. The fourth-order valence-corrected chi connectivity index (χ4v) is 2.80. The molecule has 0 bridgehead atoms. The van der Waals surface area contributed by atoms with E-state index in [0.717, 1.165) is 32.2 Å². The molecule has 1 unspecified atom stereocenters. The first-order valence-corrected chi connectivity index (χ1v) is 7.05. The van der Waals surface area contributed by atoms with Crippen molar-refractivity contribution in [2.24, 2.45) is 5.73 Å². The van der Waals surface area contributed by atoms with Crippen molar-refractivity contribution in [1.82, 2.24) is 4.90 Å². The van der Waals surface area contributed by atoms with Crippen molar-refractivity contribution in [3.8, 4) is 0 Å². The number of aliphatic hydroxyl groups excluding tert-OH is 1. The zero-order valence-corrected chi connectivity index (χ0v) is 11.5. The van der Waals surface area contributed by atoms with Crippen LogP contribution in [-0.4, -0.2) is 35.1 Å². The summed E-state index contributed by atoms with van der Waals surface area (Å²) in [4.78, 5) is 13.2. The molecular formula is C15H21FN2O2. The number of carbonyl (C=O) groups is 1. The third kappa shape index (κ3) is 3.55. The largest absolute Gasteiger partial charge is 0.396 e. The first-order chi connectivity index (χ1) is 9.61. The van der Waals surface area contributed by atoms with E-state index in [9.17, 15) is 9.18 Å². The number of nitrogens with two attached hydrogens (primary N) is 1. The molecule has 4 nitrogen and oxygen atoms in total. The molecule has 1 aliphatic heterocycles. The maximum atomic E-state index is 14.0. The minimum atomic E-state index is -0.613. The van der Waals surface area contributed by atoms with Crippen LogP contribution in [0.25, 0.3) is 0 Å². The number of nitrogens with zero attached hydrogens (tertiary/aromatic N) is 1. The summed E-state index contributed by atoms with van der Waals surface area (Å²) in [5.74, 6) is -0.994. The molecule has 5 heteroatoms. The minimum absolute atomic E-state index is 0.199. The summed E-state index contributed by atoms with van der Waals surface area (Å²) in [6, 6.07) is 4.82. The molecule has 1 aromatic carbocycles. The Morgan fingerprint density at radius 2 is 2.30 bits per heavy atom. The minimum Gasteiger partial charge on any atom is -0.396 e. The number of rotatable bonds is 6. The second-order valence-corrected chi connectivity index (χ2v) is 5.30. The van der Waals surface area contributed by atoms with Gasteiger partial charge >= 0.3 is 0 Å². The van der Waals surface area contributed by atoms with Gasteiger partial charge in [-0.25, -0.2) is 4.39 Å². The first-order valence-electron chi connectivity index (χ1n) is 7.05. The summed E-state index contributed by atoms with van der Waals surface area (Å²) < 4.78 is 14.0. The number of benzene rings is 1. The average Bonchev–Trinajstić information content (AvgIpc) is 2.85. The van der Waals surface area contributed by atoms with E-state index < -0.39 is 5.91 Å². The number of amides is 1. The maximum absolute atomic E-state index is 14.0. The predicted molar refractivity (Wildman–Crippen MR) is 74.7 cm³/mol. The molecule has 2 rings (SSSR count). The topological polar surface area (TPSA) is 66.6 Å². The highest BCUT2D eigenvalue weighted by molar-refractivity contribution is 5.92. The molecule has 0 spiro atoms. The normalized spacial score (nSPS) is 19.4. The first kappa shape index (κ1) is 14.9. The van der Waals surface area contributed by atoms with Gasteiger partial charge in [0.05, 0.1) is 0 Å². The van der Waals surface area contributed by atoms with Crippen molar-refractivity contribution in [2.45, 2.75) is 38.3 Å². The molecule has 20 heavy (non-hydrogen) atoms. The van der Waals surface area contributed by atoms with Crippen LogP contribution in [0.4, 0.5) is 4.39 Å². The van der Waals surface area contributed by atoms with Crippen LogP contribution in [0.1, 0.15) is 41.6 Å². The zero-order chi connectivity index (χ0) is 14.5. The summed E-state index contributed by atoms with van der Waals surface area (Å²) in [5.41, 5.74) is 5.92. The molecule has 1 aromatic rings. The Labute approximate surface area is 118 Å². The number of primary amides is 1. The van der Waals surface area contributed by atoms with Gasteiger partial charge in [0.25, 0.3) is 0 Å². The van der Waals surface area contributed by atoms with Crippen LogP contribution in [0.5, 0.6) is 0 Å². The second kappa shape index (κ2) is 6.81. The third-order valence-corrected chi connectivity index (χ3v) is 3.91. The molecule has 0 aromatic heterocycles. The Balaban J connectivity index is 2.03. The molecule has 1 saturated heterocycles. The van der Waals surface area contributed by atoms with Crippen LogP contribution in [0.15, 0.2) is 18.2 Å². The van der Waals surface area contributed by atoms with E-state index in [1.807, 2.05) is 0 Å². The lowest BCUT2D eigenvalue weighted by atomic mass is 10.1. The van der Waals surface area contributed by atoms with Crippen LogP contribution >= 0.6 is 0 Å². The number of hydrogen-bond acceptors (Lipinski definition) is 3. The Bertz CT molecular complexity index is 479. The monoisotopic (exact) mass is 280 g/mol. The van der Waals surface area contributed by atoms with Gasteiger partial charge in [0, 0.05) is 30.3 Å². The van der Waals surface area contributed by atoms with Crippen molar-refractivity contribution >= 4 is 5.91 Å². The predicted octanol–water partition coefficient (Wildman–Crippen LogP) is 1.66. The molecule has 0 saturated carbocycles. The number of carbonyl (C=O) groups excluding carboxylic acids is 1. The van der Waals surface area contributed by atoms with Crippen molar-refractivity contribution in [1.29, 1.82) is 0 Å². The number of aliphatic hydroxyl groups is 1. The molecule has 1 heterocycles. The van der Waals surface area contributed by atoms with E-state index in [0.29, 0.717) is 18.2 Å². The SMILES string of the molecule is NC(=O)c1ccc(CN2CCCC2CCCO)c(F)c1. The van der Waals surface area contributed by atoms with Crippen molar-refractivity contribution in [2.75, 3.05) is 13.2 Å². The highest BCUT2D eigenvalue weighted by Crippen LogP contribution is 2.24. The second-order valence-electron chi connectivity index (χ2n) is 5.30. The van der Waals surface area contributed by atoms with Crippen LogP contribution < -0.4 is 5.73 Å². The molecule has 3 N–H and O–H groups in total. The smallest absolute Gasteiger partial charge is 0.248 e. The van der Waals surface area contributed by atoms with Crippen LogP contribution in [0.2, 0.25) is 0 Å². The Kier molecular flexibility index (Phi) is 5.09. The van der Waals surface area contributed by atoms with Gasteiger partial charge in [-0.2, -0.15) is 0 Å². The lowest BCUT2D eigenvalue weighted by Crippen LogP contribution is -2.29. The maximum Gasteiger partial charge on any atom is 0.248 e. The van der Waals surface area contributed by atoms with E-state index >= 15 is 0 Å². The lowest BCUT2D eigenvalue weighted by Gasteiger charge is -2.24. The summed E-state index contributed by atoms with van der Waals surface area (Å²) in [5, 5.41) is 8.91. The van der Waals surface area contributed by atoms with Gasteiger partial charge in [-0.15, -0.1) is 0 Å². The van der Waals surface area contributed by atoms with Crippen LogP contribution in [0.3, 0.4) is 0 Å². The van der Waals surface area contributed by atoms with Gasteiger partial charge in [-0.3, -0.25) is 9.69 Å². The highest BCUT2D eigenvalue weighted by Gasteiger charge is 2.24. The Hall–Kier alpha value is -1.46. The van der Waals surface area contributed by atoms with Crippen molar-refractivity contribution < 1.29 is 14.3 Å². The van der Waals surface area contributed by atoms with E-state index in [1.54, 1.807) is 12.1 Å². The van der Waals surface area contributed by atoms with Gasteiger partial charge in [-0.1, -0.05) is 6.07 Å². The highest BCUT2D eigenvalue weighted by atomic mass is 19.1. The van der Waals surface area contributed by atoms with Crippen LogP contribution in [-0.2, 0) is 6.54 Å². The molecule has 1 amide bonds. The molecule has 1 fully saturated rings. The van der Waals surface area contributed by atoms with Crippen molar-refractivity contribution in [3.63, 3.8) is 0 Å². The van der Waals surface area contributed by atoms with Gasteiger partial charge in [0.1, 0.15) is 5.82 Å². The van der Waals surface area contributed by atoms with E-state index in [-0.39, 0.29) is 18.0 Å². The fourth-order valence-electron chi connectivity index (χ4n) is 2.80. The molecular weight excluding hydrogens is 259 g/mol. The summed E-state index contributed by atoms with van der Waals surface area (Å²) in [6.07, 6.45) is 3.93. The van der Waals surface area contributed by atoms with Gasteiger partial charge < -0.3 is 10.8 Å². The lowest BCUT2D eigenvalue weighted by molar-refractivity contribution is 0.1000. The van der Waals surface area contributed by atoms with Crippen molar-refractivity contribution in [3.05, 3.63) is 35.1 Å². The van der Waals surface area contributed by atoms with E-state index in [2.05, 4.69) is 4.90 Å². The number of likely N-dealkylation sites (tertiary alicyclic amines) is 1. The third-order valence-electron chi connectivity index (χ3n) is 3.91. The molecule has 0 aliphatic carbocycles. The summed E-state index contributed by atoms with van der Waals surface area (Å²) >= 11 is 0. The number of hydrogen-bond donors (Lipinski definition) is 2. The summed E-state index contributed by atoms with van der Waals surface area (Å²) in [6.45, 7) is 1.69. The zero-order valence-electron chi connectivity index (χ0n) is 11.5. The average molecular weight is 280 g/mol. The molecule has 110 valence electrons. The Morgan fingerprint density at radius 1 is 1.50 bits per heavy atom. The van der Waals surface area contributed by atoms with Gasteiger partial charge in [-0.05, 0) is 44.4 Å². The molecule has 1 atom stereocenters. The summed E-state index contributed by atoms with van der Waals surface area (Å²) in [7, 11) is 0.